The number of hydrogen-bond acceptors (Lipinski definition) is 5. The predicted molar refractivity (Wildman–Crippen MR) is 121 cm³/mol. The van der Waals surface area contributed by atoms with Gasteiger partial charge >= 0.3 is 5.97 Å². The van der Waals surface area contributed by atoms with Crippen molar-refractivity contribution in [1.82, 2.24) is 20.1 Å². The smallest absolute Gasteiger partial charge is 0.343 e. The Labute approximate surface area is 180 Å². The molecule has 156 valence electrons. The normalized spacial score (nSPS) is 14.4. The molecule has 0 atom stereocenters. The number of para-hydroxylation sites is 1. The molecule has 1 fully saturated rings. The van der Waals surface area contributed by atoms with E-state index in [9.17, 15) is 4.79 Å². The fraction of sp³-hybridized carbons (Fsp3) is 0.364. The van der Waals surface area contributed by atoms with E-state index < -0.39 is 5.97 Å². The molecule has 1 aromatic carbocycles. The van der Waals surface area contributed by atoms with Crippen LogP contribution in [0.5, 0.6) is 0 Å². The molecular weight excluding hydrogens is 398 g/mol. The molecule has 30 heavy (non-hydrogen) atoms. The van der Waals surface area contributed by atoms with Gasteiger partial charge in [0.05, 0.1) is 18.3 Å². The number of carbonyl (C=O) groups is 1. The lowest BCUT2D eigenvalue weighted by Crippen LogP contribution is -2.39. The zero-order valence-corrected chi connectivity index (χ0v) is 17.7. The van der Waals surface area contributed by atoms with Crippen LogP contribution >= 0.6 is 12.2 Å². The molecule has 0 aliphatic heterocycles. The summed E-state index contributed by atoms with van der Waals surface area (Å²) >= 11 is 5.54. The number of esters is 1. The van der Waals surface area contributed by atoms with E-state index in [0.717, 1.165) is 23.7 Å². The highest BCUT2D eigenvalue weighted by Gasteiger charge is 2.22. The molecule has 8 heteroatoms. The summed E-state index contributed by atoms with van der Waals surface area (Å²) in [6.07, 6.45) is 7.35. The lowest BCUT2D eigenvalue weighted by molar-refractivity contribution is 0.0527. The van der Waals surface area contributed by atoms with Crippen molar-refractivity contribution in [2.24, 2.45) is 0 Å². The summed E-state index contributed by atoms with van der Waals surface area (Å²) < 4.78 is 6.79. The number of aromatic nitrogens is 3. The molecule has 0 unspecified atom stereocenters. The average molecular weight is 424 g/mol. The number of rotatable bonds is 5. The summed E-state index contributed by atoms with van der Waals surface area (Å²) in [5.74, 6) is 0.587. The molecule has 4 rings (SSSR count). The van der Waals surface area contributed by atoms with Crippen LogP contribution in [0.1, 0.15) is 49.4 Å². The van der Waals surface area contributed by atoms with Crippen LogP contribution in [0.4, 0.5) is 5.82 Å². The Balaban J connectivity index is 1.65. The Morgan fingerprint density at radius 2 is 2.00 bits per heavy atom. The van der Waals surface area contributed by atoms with Crippen LogP contribution < -0.4 is 10.6 Å². The van der Waals surface area contributed by atoms with Gasteiger partial charge in [-0.1, -0.05) is 37.5 Å². The summed E-state index contributed by atoms with van der Waals surface area (Å²) in [7, 11) is 0. The second-order valence-electron chi connectivity index (χ2n) is 7.33. The fourth-order valence-electron chi connectivity index (χ4n) is 3.75. The van der Waals surface area contributed by atoms with Crippen molar-refractivity contribution in [3.05, 3.63) is 48.2 Å². The van der Waals surface area contributed by atoms with Gasteiger partial charge in [-0.25, -0.2) is 9.78 Å². The second-order valence-corrected chi connectivity index (χ2v) is 7.74. The molecular formula is C22H25N5O2S. The maximum absolute atomic E-state index is 12.5. The van der Waals surface area contributed by atoms with Crippen LogP contribution in [-0.2, 0) is 4.74 Å². The zero-order valence-electron chi connectivity index (χ0n) is 16.9. The molecule has 2 N–H and O–H groups in total. The first-order chi connectivity index (χ1) is 14.7. The summed E-state index contributed by atoms with van der Waals surface area (Å²) in [6.45, 7) is 2.05. The Kier molecular flexibility index (Phi) is 6.23. The quantitative estimate of drug-likeness (QED) is 0.470. The highest BCUT2D eigenvalue weighted by Crippen LogP contribution is 2.23. The lowest BCUT2D eigenvalue weighted by atomic mass is 9.96. The van der Waals surface area contributed by atoms with Crippen molar-refractivity contribution in [3.8, 4) is 5.82 Å². The number of fused-ring (bicyclic) bond motifs is 1. The maximum atomic E-state index is 12.5. The summed E-state index contributed by atoms with van der Waals surface area (Å²) in [5, 5.41) is 12.4. The Bertz CT molecular complexity index is 1060. The molecule has 7 nitrogen and oxygen atoms in total. The molecule has 0 amide bonds. The fourth-order valence-corrected chi connectivity index (χ4v) is 4.01. The van der Waals surface area contributed by atoms with Gasteiger partial charge in [0.2, 0.25) is 0 Å². The van der Waals surface area contributed by atoms with Gasteiger partial charge < -0.3 is 15.4 Å². The third kappa shape index (κ3) is 4.43. The topological polar surface area (TPSA) is 81.1 Å². The van der Waals surface area contributed by atoms with E-state index in [1.54, 1.807) is 11.6 Å². The predicted octanol–water partition coefficient (Wildman–Crippen LogP) is 4.22. The average Bonchev–Trinajstić information content (AvgIpc) is 3.17. The number of ether oxygens (including phenoxy) is 1. The van der Waals surface area contributed by atoms with Crippen LogP contribution in [-0.4, -0.2) is 38.5 Å². The number of nitrogens with one attached hydrogen (secondary N) is 2. The minimum Gasteiger partial charge on any atom is -0.462 e. The van der Waals surface area contributed by atoms with Gasteiger partial charge in [0.1, 0.15) is 5.56 Å². The van der Waals surface area contributed by atoms with E-state index >= 15 is 0 Å². The van der Waals surface area contributed by atoms with Crippen molar-refractivity contribution in [3.63, 3.8) is 0 Å². The molecule has 1 aliphatic carbocycles. The zero-order chi connectivity index (χ0) is 20.9. The van der Waals surface area contributed by atoms with E-state index in [-0.39, 0.29) is 6.61 Å². The lowest BCUT2D eigenvalue weighted by Gasteiger charge is -2.24. The molecule has 0 radical (unpaired) electrons. The van der Waals surface area contributed by atoms with Crippen molar-refractivity contribution in [2.45, 2.75) is 45.1 Å². The summed E-state index contributed by atoms with van der Waals surface area (Å²) in [6, 6.07) is 12.0. The minimum atomic E-state index is -0.451. The Hall–Kier alpha value is -3.00. The number of benzene rings is 1. The maximum Gasteiger partial charge on any atom is 0.343 e. The van der Waals surface area contributed by atoms with E-state index in [1.165, 1.54) is 25.5 Å². The standard InChI is InChI=1S/C22H25N5O2S/c1-2-29-21(28)17-14-23-27(19-13-12-15-8-6-7-11-18(15)25-19)20(17)26-22(30)24-16-9-4-3-5-10-16/h6-8,11-14,16H,2-5,9-10H2,1H3,(H2,24,26,30). The Morgan fingerprint density at radius 3 is 2.80 bits per heavy atom. The molecule has 1 aliphatic rings. The molecule has 1 saturated carbocycles. The number of pyridine rings is 1. The highest BCUT2D eigenvalue weighted by atomic mass is 32.1. The number of carbonyl (C=O) groups excluding carboxylic acids is 1. The van der Waals surface area contributed by atoms with E-state index in [0.29, 0.717) is 28.4 Å². The molecule has 3 aromatic rings. The number of thiocarbonyl (C=S) groups is 1. The third-order valence-electron chi connectivity index (χ3n) is 5.24. The first kappa shape index (κ1) is 20.3. The van der Waals surface area contributed by atoms with Gasteiger partial charge in [-0.15, -0.1) is 0 Å². The molecule has 0 spiro atoms. The number of nitrogens with zero attached hydrogens (tertiary/aromatic N) is 3. The summed E-state index contributed by atoms with van der Waals surface area (Å²) in [4.78, 5) is 17.2. The van der Waals surface area contributed by atoms with Crippen molar-refractivity contribution in [1.29, 1.82) is 0 Å². The van der Waals surface area contributed by atoms with Gasteiger partial charge in [-0.3, -0.25) is 0 Å². The van der Waals surface area contributed by atoms with Gasteiger partial charge in [-0.05, 0) is 50.2 Å². The largest absolute Gasteiger partial charge is 0.462 e. The third-order valence-corrected chi connectivity index (χ3v) is 5.46. The first-order valence-corrected chi connectivity index (χ1v) is 10.8. The minimum absolute atomic E-state index is 0.280. The number of hydrogen-bond donors (Lipinski definition) is 2. The summed E-state index contributed by atoms with van der Waals surface area (Å²) in [5.41, 5.74) is 1.16. The van der Waals surface area contributed by atoms with Gasteiger partial charge in [0, 0.05) is 11.4 Å². The van der Waals surface area contributed by atoms with E-state index in [4.69, 9.17) is 21.9 Å². The van der Waals surface area contributed by atoms with Crippen LogP contribution in [0, 0.1) is 0 Å². The molecule has 2 aromatic heterocycles. The van der Waals surface area contributed by atoms with Crippen molar-refractivity contribution >= 4 is 40.0 Å². The van der Waals surface area contributed by atoms with Crippen LogP contribution in [0.3, 0.4) is 0 Å². The van der Waals surface area contributed by atoms with Gasteiger partial charge in [-0.2, -0.15) is 9.78 Å². The molecule has 2 heterocycles. The first-order valence-electron chi connectivity index (χ1n) is 10.3. The monoisotopic (exact) mass is 423 g/mol. The molecule has 0 bridgehead atoms. The van der Waals surface area contributed by atoms with Crippen LogP contribution in [0.2, 0.25) is 0 Å². The van der Waals surface area contributed by atoms with Gasteiger partial charge in [0.15, 0.2) is 16.7 Å². The van der Waals surface area contributed by atoms with Gasteiger partial charge in [0.25, 0.3) is 0 Å². The van der Waals surface area contributed by atoms with Crippen LogP contribution in [0.15, 0.2) is 42.6 Å². The van der Waals surface area contributed by atoms with Crippen molar-refractivity contribution in [2.75, 3.05) is 11.9 Å². The molecule has 0 saturated heterocycles. The second kappa shape index (κ2) is 9.21. The van der Waals surface area contributed by atoms with E-state index in [1.807, 2.05) is 36.4 Å². The Morgan fingerprint density at radius 1 is 1.20 bits per heavy atom. The highest BCUT2D eigenvalue weighted by molar-refractivity contribution is 7.80. The number of anilines is 1. The van der Waals surface area contributed by atoms with E-state index in [2.05, 4.69) is 15.7 Å². The van der Waals surface area contributed by atoms with Crippen molar-refractivity contribution < 1.29 is 9.53 Å². The SMILES string of the molecule is CCOC(=O)c1cnn(-c2ccc3ccccc3n2)c1NC(=S)NC1CCCCC1. The van der Waals surface area contributed by atoms with Crippen LogP contribution in [0.25, 0.3) is 16.7 Å².